The van der Waals surface area contributed by atoms with Crippen molar-refractivity contribution in [3.8, 4) is 101 Å². The number of aromatic nitrogens is 2. The Hall–Kier alpha value is -10.8. The zero-order valence-corrected chi connectivity index (χ0v) is 44.9. The van der Waals surface area contributed by atoms with E-state index in [-0.39, 0.29) is 0 Å². The fraction of sp³-hybridized carbons (Fsp3) is 0. The SMILES string of the molecule is c1ccc(-c2ccc(-c3c(-c4ccc(-c5ccccc5)cc4)n(-c4ccc5ccc6c(-n7c(-c8ccc(-c9ccccc9)cc8)c(-c8ccc(-c9ccccc9)cc8)c8ccccc87)ccc7ccc4c5c76)c4ccccc34)cc2)cc1. The molecule has 0 aliphatic carbocycles. The molecule has 0 aliphatic heterocycles. The quantitative estimate of drug-likeness (QED) is 0.121. The lowest BCUT2D eigenvalue weighted by atomic mass is 9.92. The highest BCUT2D eigenvalue weighted by Gasteiger charge is 2.26. The number of benzene rings is 14. The van der Waals surface area contributed by atoms with Crippen LogP contribution >= 0.6 is 0 Å². The minimum absolute atomic E-state index is 1.14. The van der Waals surface area contributed by atoms with Gasteiger partial charge in [0, 0.05) is 32.7 Å². The molecule has 0 saturated heterocycles. The maximum atomic E-state index is 2.55. The molecule has 0 saturated carbocycles. The van der Waals surface area contributed by atoms with Gasteiger partial charge in [0.05, 0.1) is 33.8 Å². The molecule has 0 radical (unpaired) electrons. The van der Waals surface area contributed by atoms with Crippen LogP contribution in [0.5, 0.6) is 0 Å². The summed E-state index contributed by atoms with van der Waals surface area (Å²) in [6.45, 7) is 0. The van der Waals surface area contributed by atoms with Crippen molar-refractivity contribution in [1.82, 2.24) is 9.13 Å². The Kier molecular flexibility index (Phi) is 11.2. The van der Waals surface area contributed by atoms with E-state index in [1.165, 1.54) is 110 Å². The van der Waals surface area contributed by atoms with E-state index in [4.69, 9.17) is 0 Å². The Balaban J connectivity index is 0.932. The van der Waals surface area contributed by atoms with Gasteiger partial charge in [-0.3, -0.25) is 0 Å². The highest BCUT2D eigenvalue weighted by Crippen LogP contribution is 2.49. The van der Waals surface area contributed by atoms with Crippen LogP contribution in [0.3, 0.4) is 0 Å². The highest BCUT2D eigenvalue weighted by atomic mass is 15.0. The van der Waals surface area contributed by atoms with Crippen LogP contribution in [0.2, 0.25) is 0 Å². The molecule has 0 fully saturated rings. The van der Waals surface area contributed by atoms with Crippen LogP contribution in [-0.4, -0.2) is 9.13 Å². The zero-order chi connectivity index (χ0) is 54.1. The van der Waals surface area contributed by atoms with E-state index >= 15 is 0 Å². The topological polar surface area (TPSA) is 9.86 Å². The van der Waals surface area contributed by atoms with Crippen molar-refractivity contribution in [2.45, 2.75) is 0 Å². The molecular formula is C80H52N2. The number of fused-ring (bicyclic) bond motifs is 2. The average molecular weight is 1040 g/mol. The van der Waals surface area contributed by atoms with Gasteiger partial charge in [0.25, 0.3) is 0 Å². The summed E-state index contributed by atoms with van der Waals surface area (Å²) in [6, 6.07) is 116. The van der Waals surface area contributed by atoms with Crippen molar-refractivity contribution < 1.29 is 0 Å². The van der Waals surface area contributed by atoms with Crippen LogP contribution in [0.15, 0.2) is 315 Å². The smallest absolute Gasteiger partial charge is 0.0619 e. The van der Waals surface area contributed by atoms with Crippen molar-refractivity contribution in [2.75, 3.05) is 0 Å². The van der Waals surface area contributed by atoms with E-state index in [0.717, 1.165) is 44.9 Å². The molecular weight excluding hydrogens is 989 g/mol. The fourth-order valence-corrected chi connectivity index (χ4v) is 13.1. The summed E-state index contributed by atoms with van der Waals surface area (Å²) in [7, 11) is 0. The molecule has 0 spiro atoms. The summed E-state index contributed by atoms with van der Waals surface area (Å²) in [5.74, 6) is 0. The first kappa shape index (κ1) is 47.2. The van der Waals surface area contributed by atoms with Gasteiger partial charge in [-0.2, -0.15) is 0 Å². The van der Waals surface area contributed by atoms with Crippen LogP contribution in [0.1, 0.15) is 0 Å². The molecule has 0 bridgehead atoms. The number of para-hydroxylation sites is 2. The molecule has 0 aliphatic rings. The van der Waals surface area contributed by atoms with Crippen LogP contribution in [-0.2, 0) is 0 Å². The maximum absolute atomic E-state index is 2.55. The van der Waals surface area contributed by atoms with Gasteiger partial charge in [-0.15, -0.1) is 0 Å². The molecule has 2 nitrogen and oxygen atoms in total. The first-order chi connectivity index (χ1) is 40.7. The summed E-state index contributed by atoms with van der Waals surface area (Å²) < 4.78 is 5.10. The van der Waals surface area contributed by atoms with E-state index < -0.39 is 0 Å². The third-order valence-electron chi connectivity index (χ3n) is 16.9. The lowest BCUT2D eigenvalue weighted by Crippen LogP contribution is -2.01. The first-order valence-corrected chi connectivity index (χ1v) is 28.3. The van der Waals surface area contributed by atoms with Gasteiger partial charge >= 0.3 is 0 Å². The Morgan fingerprint density at radius 1 is 0.171 bits per heavy atom. The summed E-state index contributed by atoms with van der Waals surface area (Å²) in [5, 5.41) is 9.76. The molecule has 2 heterocycles. The third-order valence-corrected chi connectivity index (χ3v) is 16.9. The molecule has 0 amide bonds. The lowest BCUT2D eigenvalue weighted by Gasteiger charge is -2.21. The summed E-state index contributed by atoms with van der Waals surface area (Å²) in [4.78, 5) is 0. The average Bonchev–Trinajstić information content (AvgIpc) is 3.62. The molecule has 2 heteroatoms. The van der Waals surface area contributed by atoms with Gasteiger partial charge in [0.2, 0.25) is 0 Å². The van der Waals surface area contributed by atoms with Gasteiger partial charge in [0.15, 0.2) is 0 Å². The molecule has 16 aromatic rings. The molecule has 14 aromatic carbocycles. The second kappa shape index (κ2) is 19.5. The summed E-state index contributed by atoms with van der Waals surface area (Å²) >= 11 is 0. The van der Waals surface area contributed by atoms with Crippen LogP contribution in [0.4, 0.5) is 0 Å². The van der Waals surface area contributed by atoms with Crippen molar-refractivity contribution in [2.24, 2.45) is 0 Å². The zero-order valence-electron chi connectivity index (χ0n) is 44.9. The summed E-state index contributed by atoms with van der Waals surface area (Å²) in [5.41, 5.74) is 23.6. The van der Waals surface area contributed by atoms with E-state index in [9.17, 15) is 0 Å². The van der Waals surface area contributed by atoms with Crippen molar-refractivity contribution in [1.29, 1.82) is 0 Å². The van der Waals surface area contributed by atoms with E-state index in [1.54, 1.807) is 0 Å². The molecule has 2 aromatic heterocycles. The van der Waals surface area contributed by atoms with Crippen molar-refractivity contribution in [3.63, 3.8) is 0 Å². The van der Waals surface area contributed by atoms with Gasteiger partial charge in [-0.25, -0.2) is 0 Å². The third kappa shape index (κ3) is 7.80. The molecule has 82 heavy (non-hydrogen) atoms. The minimum atomic E-state index is 1.14. The van der Waals surface area contributed by atoms with Crippen molar-refractivity contribution in [3.05, 3.63) is 315 Å². The number of rotatable bonds is 10. The number of hydrogen-bond donors (Lipinski definition) is 0. The standard InChI is InChI=1S/C80H52N2/c1-5-17-53(18-6-1)57-29-37-63(38-30-57)77-67-25-13-15-27-71(67)81(79(77)65-41-33-59(34-42-65)55-21-9-3-10-22-55)73-51-47-61-46-50-70-74(52-48-62-45-49-69(73)75(61)76(62)70)82-72-28-16-14-26-68(72)78(64-39-31-58(32-40-64)54-19-7-2-8-20-54)80(82)66-43-35-60(36-44-66)56-23-11-4-12-24-56/h1-52H. The second-order valence-corrected chi connectivity index (χ2v) is 21.5. The molecule has 0 unspecified atom stereocenters. The van der Waals surface area contributed by atoms with Crippen LogP contribution < -0.4 is 0 Å². The monoisotopic (exact) mass is 1040 g/mol. The second-order valence-electron chi connectivity index (χ2n) is 21.5. The maximum Gasteiger partial charge on any atom is 0.0619 e. The normalized spacial score (nSPS) is 11.7. The molecule has 0 atom stereocenters. The van der Waals surface area contributed by atoms with Crippen LogP contribution in [0.25, 0.3) is 155 Å². The Bertz CT molecular complexity index is 4680. The van der Waals surface area contributed by atoms with E-state index in [1.807, 2.05) is 0 Å². The van der Waals surface area contributed by atoms with Gasteiger partial charge in [-0.1, -0.05) is 291 Å². The van der Waals surface area contributed by atoms with Crippen molar-refractivity contribution >= 4 is 54.1 Å². The highest BCUT2D eigenvalue weighted by molar-refractivity contribution is 6.27. The predicted octanol–water partition coefficient (Wildman–Crippen LogP) is 21.8. The fourth-order valence-electron chi connectivity index (χ4n) is 13.1. The Morgan fingerprint density at radius 2 is 0.427 bits per heavy atom. The Morgan fingerprint density at radius 3 is 0.756 bits per heavy atom. The Labute approximate surface area is 476 Å². The van der Waals surface area contributed by atoms with Gasteiger partial charge in [0.1, 0.15) is 0 Å². The van der Waals surface area contributed by atoms with Gasteiger partial charge in [-0.05, 0) is 113 Å². The molecule has 0 N–H and O–H groups in total. The number of hydrogen-bond acceptors (Lipinski definition) is 0. The molecule has 16 rings (SSSR count). The molecule has 382 valence electrons. The van der Waals surface area contributed by atoms with E-state index in [2.05, 4.69) is 325 Å². The predicted molar refractivity (Wildman–Crippen MR) is 347 cm³/mol. The minimum Gasteiger partial charge on any atom is -0.308 e. The van der Waals surface area contributed by atoms with Gasteiger partial charge < -0.3 is 9.13 Å². The lowest BCUT2D eigenvalue weighted by molar-refractivity contribution is 1.15. The summed E-state index contributed by atoms with van der Waals surface area (Å²) in [6.07, 6.45) is 0. The van der Waals surface area contributed by atoms with Crippen LogP contribution in [0, 0.1) is 0 Å². The number of nitrogens with zero attached hydrogens (tertiary/aromatic N) is 2. The van der Waals surface area contributed by atoms with E-state index in [0.29, 0.717) is 0 Å². The largest absolute Gasteiger partial charge is 0.308 e. The first-order valence-electron chi connectivity index (χ1n) is 28.3.